The second kappa shape index (κ2) is 14.5. The van der Waals surface area contributed by atoms with E-state index in [9.17, 15) is 14.0 Å². The number of ether oxygens (including phenoxy) is 2. The molecule has 2 aliphatic heterocycles. The minimum atomic E-state index is -0.287. The summed E-state index contributed by atoms with van der Waals surface area (Å²) in [5, 5.41) is 3.10. The molecular weight excluding hydrogens is 509 g/mol. The quantitative estimate of drug-likeness (QED) is 0.350. The molecule has 2 amide bonds. The van der Waals surface area contributed by atoms with Crippen molar-refractivity contribution >= 4 is 12.0 Å². The second-order valence-electron chi connectivity index (χ2n) is 11.5. The number of carbonyl (C=O) groups is 2. The maximum Gasteiger partial charge on any atom is 0.410 e. The Bertz CT molecular complexity index is 1080. The van der Waals surface area contributed by atoms with E-state index in [2.05, 4.69) is 31.0 Å². The molecule has 2 heterocycles. The molecule has 2 fully saturated rings. The summed E-state index contributed by atoms with van der Waals surface area (Å²) >= 11 is 0. The number of carbonyl (C=O) groups excluding carboxylic acids is 2. The molecule has 2 aromatic carbocycles. The van der Waals surface area contributed by atoms with Crippen molar-refractivity contribution in [3.05, 3.63) is 65.5 Å². The fourth-order valence-corrected chi connectivity index (χ4v) is 5.65. The van der Waals surface area contributed by atoms with E-state index in [-0.39, 0.29) is 35.7 Å². The highest BCUT2D eigenvalue weighted by atomic mass is 19.1. The zero-order valence-corrected chi connectivity index (χ0v) is 24.1. The van der Waals surface area contributed by atoms with Crippen LogP contribution in [0.15, 0.2) is 48.5 Å². The summed E-state index contributed by atoms with van der Waals surface area (Å²) in [5.74, 6) is 0.898. The summed E-state index contributed by atoms with van der Waals surface area (Å²) in [7, 11) is 0. The zero-order chi connectivity index (χ0) is 28.5. The van der Waals surface area contributed by atoms with Gasteiger partial charge < -0.3 is 24.6 Å². The number of amides is 2. The maximum atomic E-state index is 13.6. The van der Waals surface area contributed by atoms with Crippen LogP contribution < -0.4 is 10.1 Å². The fourth-order valence-electron chi connectivity index (χ4n) is 5.65. The molecule has 0 radical (unpaired) electrons. The van der Waals surface area contributed by atoms with Gasteiger partial charge in [-0.15, -0.1) is 0 Å². The Kier molecular flexibility index (Phi) is 10.8. The van der Waals surface area contributed by atoms with Gasteiger partial charge in [-0.3, -0.25) is 4.79 Å². The predicted molar refractivity (Wildman–Crippen MR) is 154 cm³/mol. The van der Waals surface area contributed by atoms with E-state index < -0.39 is 0 Å². The normalized spacial score (nSPS) is 19.1. The molecule has 2 aromatic rings. The first-order chi connectivity index (χ1) is 19.3. The first-order valence-corrected chi connectivity index (χ1v) is 14.7. The Balaban J connectivity index is 1.36. The summed E-state index contributed by atoms with van der Waals surface area (Å²) in [6.45, 7) is 11.3. The van der Waals surface area contributed by atoms with Crippen molar-refractivity contribution in [2.45, 2.75) is 65.0 Å². The van der Waals surface area contributed by atoms with Crippen LogP contribution in [0.25, 0.3) is 0 Å². The lowest BCUT2D eigenvalue weighted by Crippen LogP contribution is -2.41. The predicted octanol–water partition coefficient (Wildman–Crippen LogP) is 5.59. The molecule has 2 aliphatic rings. The first-order valence-electron chi connectivity index (χ1n) is 14.7. The molecule has 2 saturated heterocycles. The van der Waals surface area contributed by atoms with E-state index in [0.717, 1.165) is 68.7 Å². The molecule has 8 heteroatoms. The minimum Gasteiger partial charge on any atom is -0.493 e. The van der Waals surface area contributed by atoms with Crippen LogP contribution >= 0.6 is 0 Å². The van der Waals surface area contributed by atoms with Gasteiger partial charge >= 0.3 is 6.09 Å². The van der Waals surface area contributed by atoms with Gasteiger partial charge in [0.05, 0.1) is 18.6 Å². The third-order valence-electron chi connectivity index (χ3n) is 8.01. The van der Waals surface area contributed by atoms with Crippen molar-refractivity contribution in [1.29, 1.82) is 0 Å². The van der Waals surface area contributed by atoms with E-state index in [1.54, 1.807) is 12.1 Å². The summed E-state index contributed by atoms with van der Waals surface area (Å²) < 4.78 is 24.4. The Morgan fingerprint density at radius 3 is 2.42 bits per heavy atom. The first kappa shape index (κ1) is 29.8. The van der Waals surface area contributed by atoms with Gasteiger partial charge in [0.2, 0.25) is 5.91 Å². The standard InChI is InChI=1S/C32H44FN3O4/c1-4-28-22-40-32(38)36(28)17-5-16-35-18-14-26(15-19-35)30(25-8-12-29(13-9-25)39-21-23(2)3)31(37)34-20-24-6-10-27(33)11-7-24/h6-13,23,26,28,30H,4-5,14-22H2,1-3H3,(H,34,37)/t28-,30?/m0/s1. The van der Waals surface area contributed by atoms with Crippen LogP contribution in [0.5, 0.6) is 5.75 Å². The highest BCUT2D eigenvalue weighted by Crippen LogP contribution is 2.34. The number of benzene rings is 2. The Hall–Kier alpha value is -3.13. The summed E-state index contributed by atoms with van der Waals surface area (Å²) in [6, 6.07) is 14.4. The van der Waals surface area contributed by atoms with E-state index in [4.69, 9.17) is 9.47 Å². The highest BCUT2D eigenvalue weighted by molar-refractivity contribution is 5.84. The SMILES string of the molecule is CC[C@H]1COC(=O)N1CCCN1CCC(C(C(=O)NCc2ccc(F)cc2)c2ccc(OCC(C)C)cc2)CC1. The number of cyclic esters (lactones) is 1. The molecule has 2 atom stereocenters. The molecule has 0 aromatic heterocycles. The number of nitrogens with zero attached hydrogens (tertiary/aromatic N) is 2. The number of piperidine rings is 1. The van der Waals surface area contributed by atoms with E-state index in [1.165, 1.54) is 12.1 Å². The van der Waals surface area contributed by atoms with Gasteiger partial charge in [-0.05, 0) is 92.5 Å². The largest absolute Gasteiger partial charge is 0.493 e. The van der Waals surface area contributed by atoms with Gasteiger partial charge in [0, 0.05) is 13.1 Å². The van der Waals surface area contributed by atoms with Crippen molar-refractivity contribution in [2.24, 2.45) is 11.8 Å². The Morgan fingerprint density at radius 2 is 1.77 bits per heavy atom. The van der Waals surface area contributed by atoms with Crippen LogP contribution in [0.3, 0.4) is 0 Å². The van der Waals surface area contributed by atoms with Crippen molar-refractivity contribution in [1.82, 2.24) is 15.1 Å². The van der Waals surface area contributed by atoms with Crippen molar-refractivity contribution in [2.75, 3.05) is 39.4 Å². The van der Waals surface area contributed by atoms with Gasteiger partial charge in [0.15, 0.2) is 0 Å². The van der Waals surface area contributed by atoms with Gasteiger partial charge in [0.25, 0.3) is 0 Å². The van der Waals surface area contributed by atoms with Crippen LogP contribution in [0.2, 0.25) is 0 Å². The van der Waals surface area contributed by atoms with Gasteiger partial charge in [-0.25, -0.2) is 9.18 Å². The van der Waals surface area contributed by atoms with E-state index in [1.807, 2.05) is 29.2 Å². The number of likely N-dealkylation sites (tertiary alicyclic amines) is 1. The highest BCUT2D eigenvalue weighted by Gasteiger charge is 2.34. The number of hydrogen-bond donors (Lipinski definition) is 1. The molecular formula is C32H44FN3O4. The van der Waals surface area contributed by atoms with Gasteiger partial charge in [0.1, 0.15) is 18.2 Å². The molecule has 0 aliphatic carbocycles. The van der Waals surface area contributed by atoms with Crippen LogP contribution in [0.4, 0.5) is 9.18 Å². The van der Waals surface area contributed by atoms with Crippen molar-refractivity contribution < 1.29 is 23.5 Å². The number of rotatable bonds is 13. The molecule has 7 nitrogen and oxygen atoms in total. The van der Waals surface area contributed by atoms with Crippen molar-refractivity contribution in [3.63, 3.8) is 0 Å². The van der Waals surface area contributed by atoms with Gasteiger partial charge in [-0.2, -0.15) is 0 Å². The average Bonchev–Trinajstić information content (AvgIpc) is 3.32. The number of halogens is 1. The molecule has 0 saturated carbocycles. The number of hydrogen-bond acceptors (Lipinski definition) is 5. The lowest BCUT2D eigenvalue weighted by atomic mass is 9.79. The average molecular weight is 554 g/mol. The molecule has 0 bridgehead atoms. The maximum absolute atomic E-state index is 13.6. The van der Waals surface area contributed by atoms with Crippen LogP contribution in [-0.2, 0) is 16.1 Å². The third kappa shape index (κ3) is 8.19. The van der Waals surface area contributed by atoms with Crippen LogP contribution in [0, 0.1) is 17.7 Å². The molecule has 1 N–H and O–H groups in total. The fraction of sp³-hybridized carbons (Fsp3) is 0.562. The summed E-state index contributed by atoms with van der Waals surface area (Å²) in [6.07, 6.45) is 3.47. The summed E-state index contributed by atoms with van der Waals surface area (Å²) in [5.41, 5.74) is 1.86. The molecule has 40 heavy (non-hydrogen) atoms. The number of nitrogens with one attached hydrogen (secondary N) is 1. The smallest absolute Gasteiger partial charge is 0.410 e. The molecule has 218 valence electrons. The zero-order valence-electron chi connectivity index (χ0n) is 24.1. The second-order valence-corrected chi connectivity index (χ2v) is 11.5. The topological polar surface area (TPSA) is 71.1 Å². The third-order valence-corrected chi connectivity index (χ3v) is 8.01. The van der Waals surface area contributed by atoms with Crippen LogP contribution in [-0.4, -0.2) is 67.2 Å². The molecule has 1 unspecified atom stereocenters. The van der Waals surface area contributed by atoms with Crippen LogP contribution in [0.1, 0.15) is 63.5 Å². The monoisotopic (exact) mass is 553 g/mol. The lowest BCUT2D eigenvalue weighted by molar-refractivity contribution is -0.124. The Morgan fingerprint density at radius 1 is 1.07 bits per heavy atom. The van der Waals surface area contributed by atoms with E-state index in [0.29, 0.717) is 25.7 Å². The Labute approximate surface area is 238 Å². The summed E-state index contributed by atoms with van der Waals surface area (Å²) in [4.78, 5) is 29.9. The minimum absolute atomic E-state index is 0.00298. The van der Waals surface area contributed by atoms with Crippen molar-refractivity contribution in [3.8, 4) is 5.75 Å². The lowest BCUT2D eigenvalue weighted by Gasteiger charge is -2.36. The van der Waals surface area contributed by atoms with E-state index >= 15 is 0 Å². The molecule has 0 spiro atoms. The van der Waals surface area contributed by atoms with Gasteiger partial charge in [-0.1, -0.05) is 45.0 Å². The molecule has 4 rings (SSSR count).